The van der Waals surface area contributed by atoms with Gasteiger partial charge < -0.3 is 31.1 Å². The van der Waals surface area contributed by atoms with E-state index >= 15 is 0 Å². The van der Waals surface area contributed by atoms with Crippen molar-refractivity contribution in [3.63, 3.8) is 0 Å². The summed E-state index contributed by atoms with van der Waals surface area (Å²) < 4.78 is 5.21. The molecular weight excluding hydrogens is 568 g/mol. The van der Waals surface area contributed by atoms with Gasteiger partial charge in [0, 0.05) is 17.5 Å². The first-order valence-electron chi connectivity index (χ1n) is 15.2. The Morgan fingerprint density at radius 1 is 0.814 bits per heavy atom. The van der Waals surface area contributed by atoms with Gasteiger partial charge in [0.25, 0.3) is 5.91 Å². The third-order valence-corrected chi connectivity index (χ3v) is 7.54. The van der Waals surface area contributed by atoms with Crippen molar-refractivity contribution in [2.45, 2.75) is 104 Å². The van der Waals surface area contributed by atoms with Gasteiger partial charge in [-0.3, -0.25) is 19.2 Å². The molecule has 0 saturated heterocycles. The molecule has 43 heavy (non-hydrogen) atoms. The van der Waals surface area contributed by atoms with Gasteiger partial charge in [0.1, 0.15) is 17.8 Å². The molecule has 0 heterocycles. The highest BCUT2D eigenvalue weighted by Gasteiger charge is 2.31. The first kappa shape index (κ1) is 38.2. The smallest absolute Gasteiger partial charge is 0.252 e. The molecule has 10 nitrogen and oxygen atoms in total. The molecule has 0 aromatic heterocycles. The van der Waals surface area contributed by atoms with E-state index in [4.69, 9.17) is 4.74 Å². The number of carbonyl (C=O) groups excluding carboxylic acids is 4. The summed E-state index contributed by atoms with van der Waals surface area (Å²) in [6, 6.07) is 4.52. The molecule has 0 bridgehead atoms. The maximum atomic E-state index is 13.5. The Morgan fingerprint density at radius 3 is 2.00 bits per heavy atom. The summed E-state index contributed by atoms with van der Waals surface area (Å²) in [7, 11) is 1.52. The monoisotopic (exact) mass is 622 g/mol. The summed E-state index contributed by atoms with van der Waals surface area (Å²) in [5, 5.41) is 22.7. The van der Waals surface area contributed by atoms with E-state index in [9.17, 15) is 24.3 Å². The predicted molar refractivity (Wildman–Crippen MR) is 173 cm³/mol. The first-order chi connectivity index (χ1) is 20.2. The Morgan fingerprint density at radius 2 is 1.44 bits per heavy atom. The predicted octanol–water partition coefficient (Wildman–Crippen LogP) is 3.52. The summed E-state index contributed by atoms with van der Waals surface area (Å²) in [5.41, 5.74) is 0.373. The van der Waals surface area contributed by atoms with E-state index in [0.717, 1.165) is 0 Å². The number of thioether (sulfide) groups is 1. The van der Waals surface area contributed by atoms with Gasteiger partial charge in [0.15, 0.2) is 0 Å². The fourth-order valence-corrected chi connectivity index (χ4v) is 5.12. The Balaban J connectivity index is 3.00. The SMILES string of the molecule is COc1cccc(C(=O)N[C@@H](CCSC)C(=O)N[C@@H](CC(C)C)[C@@H](O)C[C@@H](C)C(=O)N[C@@H](CC(C)C)C(=O)NC(C)C)c1. The molecule has 11 heteroatoms. The molecule has 1 rings (SSSR count). The standard InChI is InChI=1S/C32H54N4O6S/c1-19(2)15-26(28(37)17-22(7)29(38)36-27(16-20(3)4)32(41)33-21(5)6)35-31(40)25(13-14-43-9)34-30(39)23-11-10-12-24(18-23)42-8/h10-12,18-22,25-28,37H,13-17H2,1-9H3,(H,33,41)(H,34,39)(H,35,40)(H,36,38)/t22-,25+,26+,27+,28+/m1/s1. The Bertz CT molecular complexity index is 1030. The average molecular weight is 623 g/mol. The van der Waals surface area contributed by atoms with Crippen LogP contribution in [0.5, 0.6) is 5.75 Å². The Labute approximate surface area is 262 Å². The maximum Gasteiger partial charge on any atom is 0.252 e. The fraction of sp³-hybridized carbons (Fsp3) is 0.688. The zero-order valence-corrected chi connectivity index (χ0v) is 28.2. The van der Waals surface area contributed by atoms with Crippen LogP contribution in [0.25, 0.3) is 0 Å². The molecule has 1 aromatic rings. The number of carbonyl (C=O) groups is 4. The van der Waals surface area contributed by atoms with E-state index < -0.39 is 42.0 Å². The van der Waals surface area contributed by atoms with Crippen molar-refractivity contribution in [1.82, 2.24) is 21.3 Å². The number of amides is 4. The van der Waals surface area contributed by atoms with Gasteiger partial charge in [-0.2, -0.15) is 11.8 Å². The van der Waals surface area contributed by atoms with Crippen LogP contribution in [0.1, 0.15) is 84.5 Å². The van der Waals surface area contributed by atoms with Gasteiger partial charge in [0.2, 0.25) is 17.7 Å². The highest BCUT2D eigenvalue weighted by atomic mass is 32.2. The molecule has 5 N–H and O–H groups in total. The average Bonchev–Trinajstić information content (AvgIpc) is 2.93. The van der Waals surface area contributed by atoms with Gasteiger partial charge in [-0.25, -0.2) is 0 Å². The van der Waals surface area contributed by atoms with E-state index in [1.54, 1.807) is 43.0 Å². The molecule has 0 fully saturated rings. The van der Waals surface area contributed by atoms with Crippen LogP contribution in [0, 0.1) is 17.8 Å². The minimum absolute atomic E-state index is 0.0567. The number of aliphatic hydroxyl groups is 1. The summed E-state index contributed by atoms with van der Waals surface area (Å²) in [5.74, 6) is -0.446. The van der Waals surface area contributed by atoms with Crippen molar-refractivity contribution < 1.29 is 29.0 Å². The second-order valence-electron chi connectivity index (χ2n) is 12.3. The molecule has 4 amide bonds. The molecular formula is C32H54N4O6S. The van der Waals surface area contributed by atoms with Crippen molar-refractivity contribution in [2.75, 3.05) is 19.1 Å². The van der Waals surface area contributed by atoms with Crippen LogP contribution < -0.4 is 26.0 Å². The molecule has 5 atom stereocenters. The van der Waals surface area contributed by atoms with E-state index in [2.05, 4.69) is 21.3 Å². The number of hydrogen-bond donors (Lipinski definition) is 5. The second-order valence-corrected chi connectivity index (χ2v) is 13.3. The first-order valence-corrected chi connectivity index (χ1v) is 16.6. The zero-order chi connectivity index (χ0) is 32.7. The summed E-state index contributed by atoms with van der Waals surface area (Å²) in [6.07, 6.45) is 2.37. The topological polar surface area (TPSA) is 146 Å². The van der Waals surface area contributed by atoms with E-state index in [-0.39, 0.29) is 36.1 Å². The van der Waals surface area contributed by atoms with Gasteiger partial charge >= 0.3 is 0 Å². The fourth-order valence-electron chi connectivity index (χ4n) is 4.65. The number of nitrogens with one attached hydrogen (secondary N) is 4. The highest BCUT2D eigenvalue weighted by Crippen LogP contribution is 2.18. The Kier molecular flexibility index (Phi) is 17.3. The summed E-state index contributed by atoms with van der Waals surface area (Å²) in [6.45, 7) is 13.4. The third-order valence-electron chi connectivity index (χ3n) is 6.90. The van der Waals surface area contributed by atoms with Crippen LogP contribution in [0.2, 0.25) is 0 Å². The van der Waals surface area contributed by atoms with Crippen LogP contribution >= 0.6 is 11.8 Å². The molecule has 0 spiro atoms. The number of rotatable bonds is 19. The van der Waals surface area contributed by atoms with Crippen LogP contribution in [0.3, 0.4) is 0 Å². The van der Waals surface area contributed by atoms with Crippen LogP contribution in [-0.4, -0.2) is 78.1 Å². The van der Waals surface area contributed by atoms with Crippen molar-refractivity contribution in [2.24, 2.45) is 17.8 Å². The molecule has 1 aromatic carbocycles. The van der Waals surface area contributed by atoms with Crippen molar-refractivity contribution in [1.29, 1.82) is 0 Å². The summed E-state index contributed by atoms with van der Waals surface area (Å²) in [4.78, 5) is 52.3. The molecule has 0 aliphatic heterocycles. The zero-order valence-electron chi connectivity index (χ0n) is 27.4. The van der Waals surface area contributed by atoms with Crippen LogP contribution in [0.4, 0.5) is 0 Å². The minimum atomic E-state index is -1.02. The summed E-state index contributed by atoms with van der Waals surface area (Å²) >= 11 is 1.56. The van der Waals surface area contributed by atoms with Gasteiger partial charge in [-0.1, -0.05) is 40.7 Å². The van der Waals surface area contributed by atoms with Crippen LogP contribution in [0.15, 0.2) is 24.3 Å². The minimum Gasteiger partial charge on any atom is -0.497 e. The number of benzene rings is 1. The lowest BCUT2D eigenvalue weighted by Crippen LogP contribution is -2.54. The Hall–Kier alpha value is -2.79. The third kappa shape index (κ3) is 14.5. The number of hydrogen-bond acceptors (Lipinski definition) is 7. The lowest BCUT2D eigenvalue weighted by molar-refractivity contribution is -0.132. The second kappa shape index (κ2) is 19.5. The highest BCUT2D eigenvalue weighted by molar-refractivity contribution is 7.98. The normalized spacial score (nSPS) is 14.9. The van der Waals surface area contributed by atoms with E-state index in [1.807, 2.05) is 47.8 Å². The van der Waals surface area contributed by atoms with Gasteiger partial charge in [0.05, 0.1) is 19.3 Å². The van der Waals surface area contributed by atoms with Gasteiger partial charge in [-0.15, -0.1) is 0 Å². The van der Waals surface area contributed by atoms with Crippen molar-refractivity contribution in [3.8, 4) is 5.75 Å². The lowest BCUT2D eigenvalue weighted by atomic mass is 9.91. The van der Waals surface area contributed by atoms with Crippen molar-refractivity contribution >= 4 is 35.4 Å². The van der Waals surface area contributed by atoms with Crippen LogP contribution in [-0.2, 0) is 14.4 Å². The molecule has 0 saturated carbocycles. The molecule has 0 aliphatic carbocycles. The lowest BCUT2D eigenvalue weighted by Gasteiger charge is -2.30. The molecule has 0 aliphatic rings. The quantitative estimate of drug-likeness (QED) is 0.159. The number of methoxy groups -OCH3 is 1. The van der Waals surface area contributed by atoms with E-state index in [1.165, 1.54) is 7.11 Å². The number of ether oxygens (including phenoxy) is 1. The molecule has 0 unspecified atom stereocenters. The van der Waals surface area contributed by atoms with Crippen molar-refractivity contribution in [3.05, 3.63) is 29.8 Å². The van der Waals surface area contributed by atoms with Gasteiger partial charge in [-0.05, 0) is 81.6 Å². The molecule has 0 radical (unpaired) electrons. The maximum absolute atomic E-state index is 13.5. The van der Waals surface area contributed by atoms with E-state index in [0.29, 0.717) is 36.3 Å². The number of aliphatic hydroxyl groups excluding tert-OH is 1. The molecule has 244 valence electrons. The largest absolute Gasteiger partial charge is 0.497 e.